The van der Waals surface area contributed by atoms with Crippen molar-refractivity contribution < 1.29 is 109 Å². The van der Waals surface area contributed by atoms with Crippen LogP contribution in [0.25, 0.3) is 0 Å². The van der Waals surface area contributed by atoms with Crippen LogP contribution in [0.1, 0.15) is 36.0 Å². The molecular weight excluding hydrogens is 1210 g/mol. The highest BCUT2D eigenvalue weighted by Crippen LogP contribution is 2.17. The van der Waals surface area contributed by atoms with E-state index in [0.717, 1.165) is 25.2 Å². The van der Waals surface area contributed by atoms with E-state index in [4.69, 9.17) is 30.2 Å². The molecule has 0 fully saturated rings. The Morgan fingerprint density at radius 3 is 1.15 bits per heavy atom. The zero-order chi connectivity index (χ0) is 66.0. The number of nitrogens with zero attached hydrogens (tertiary/aromatic N) is 6. The molecule has 16 N–H and O–H groups in total. The molecule has 0 aromatic heterocycles. The van der Waals surface area contributed by atoms with Gasteiger partial charge in [-0.15, -0.1) is 0 Å². The highest BCUT2D eigenvalue weighted by molar-refractivity contribution is 7.80. The summed E-state index contributed by atoms with van der Waals surface area (Å²) < 4.78 is 0. The Morgan fingerprint density at radius 1 is 0.443 bits per heavy atom. The van der Waals surface area contributed by atoms with Crippen LogP contribution in [-0.4, -0.2) is 298 Å². The van der Waals surface area contributed by atoms with E-state index in [0.29, 0.717) is 41.2 Å². The molecule has 0 aliphatic rings. The average Bonchev–Trinajstić information content (AvgIpc) is 3.61. The number of nitrogens with two attached hydrogens (primary N) is 1. The van der Waals surface area contributed by atoms with Crippen molar-refractivity contribution in [2.24, 2.45) is 5.73 Å². The van der Waals surface area contributed by atoms with Crippen LogP contribution in [0.15, 0.2) is 48.5 Å². The van der Waals surface area contributed by atoms with Crippen molar-refractivity contribution in [3.8, 4) is 0 Å². The third kappa shape index (κ3) is 34.5. The van der Waals surface area contributed by atoms with Crippen molar-refractivity contribution in [1.82, 2.24) is 45.3 Å². The largest absolute Gasteiger partial charge is 0.480 e. The highest BCUT2D eigenvalue weighted by Gasteiger charge is 2.30. The van der Waals surface area contributed by atoms with Crippen molar-refractivity contribution in [3.63, 3.8) is 0 Å². The molecule has 88 heavy (non-hydrogen) atoms. The van der Waals surface area contributed by atoms with Gasteiger partial charge in [-0.2, -0.15) is 0 Å². The smallest absolute Gasteiger partial charge is 0.317 e. The molecule has 0 heterocycles. The van der Waals surface area contributed by atoms with Gasteiger partial charge in [0.2, 0.25) is 11.8 Å². The van der Waals surface area contributed by atoms with Gasteiger partial charge in [0.15, 0.2) is 5.11 Å². The minimum absolute atomic E-state index is 0.00524. The number of anilines is 1. The van der Waals surface area contributed by atoms with Crippen LogP contribution >= 0.6 is 24.4 Å². The lowest BCUT2D eigenvalue weighted by molar-refractivity contribution is -0.145. The molecule has 33 nitrogen and oxygen atoms in total. The van der Waals surface area contributed by atoms with Gasteiger partial charge in [-0.1, -0.05) is 48.6 Å². The zero-order valence-corrected chi connectivity index (χ0v) is 49.4. The summed E-state index contributed by atoms with van der Waals surface area (Å²) in [5.41, 5.74) is 7.94. The number of carboxylic acids is 10. The Kier molecular flexibility index (Phi) is 34.3. The molecule has 0 spiro atoms. The molecule has 0 saturated carbocycles. The topological polar surface area (TPSA) is 501 Å². The van der Waals surface area contributed by atoms with Gasteiger partial charge in [-0.25, -0.2) is 0 Å². The molecule has 0 aliphatic carbocycles. The number of carbonyl (C=O) groups excluding carboxylic acids is 2. The lowest BCUT2D eigenvalue weighted by Crippen LogP contribution is -2.51. The molecule has 3 atom stereocenters. The minimum Gasteiger partial charge on any atom is -0.480 e. The van der Waals surface area contributed by atoms with Crippen molar-refractivity contribution in [3.05, 3.63) is 65.2 Å². The van der Waals surface area contributed by atoms with E-state index in [1.807, 2.05) is 0 Å². The number of aliphatic carboxylic acids is 10. The van der Waals surface area contributed by atoms with Crippen molar-refractivity contribution in [2.45, 2.75) is 56.7 Å². The molecule has 0 saturated heterocycles. The van der Waals surface area contributed by atoms with Gasteiger partial charge >= 0.3 is 59.7 Å². The summed E-state index contributed by atoms with van der Waals surface area (Å²) >= 11 is 10.9. The van der Waals surface area contributed by atoms with E-state index in [-0.39, 0.29) is 76.6 Å². The van der Waals surface area contributed by atoms with Gasteiger partial charge in [-0.3, -0.25) is 86.9 Å². The second-order valence-corrected chi connectivity index (χ2v) is 21.1. The Labute approximate surface area is 514 Å². The van der Waals surface area contributed by atoms with Gasteiger partial charge in [0, 0.05) is 70.0 Å². The Balaban J connectivity index is 2.01. The van der Waals surface area contributed by atoms with E-state index in [2.05, 4.69) is 21.3 Å². The van der Waals surface area contributed by atoms with Gasteiger partial charge in [0.05, 0.1) is 77.0 Å². The molecule has 0 aliphatic heterocycles. The summed E-state index contributed by atoms with van der Waals surface area (Å²) in [5.74, 6) is -14.7. The Bertz CT molecular complexity index is 2680. The zero-order valence-electron chi connectivity index (χ0n) is 47.8. The maximum absolute atomic E-state index is 12.9. The summed E-state index contributed by atoms with van der Waals surface area (Å²) in [5, 5.41) is 106. The molecule has 2 aromatic carbocycles. The second kappa shape index (κ2) is 40.0. The summed E-state index contributed by atoms with van der Waals surface area (Å²) in [7, 11) is 0. The van der Waals surface area contributed by atoms with Crippen molar-refractivity contribution in [2.75, 3.05) is 123 Å². The summed E-state index contributed by atoms with van der Waals surface area (Å²) in [6, 6.07) is 10.4. The first-order valence-electron chi connectivity index (χ1n) is 27.0. The summed E-state index contributed by atoms with van der Waals surface area (Å²) in [6.07, 6.45) is 1.44. The Morgan fingerprint density at radius 2 is 0.784 bits per heavy atom. The first kappa shape index (κ1) is 75.5. The molecular formula is C53H75N11O22S2. The predicted molar refractivity (Wildman–Crippen MR) is 317 cm³/mol. The summed E-state index contributed by atoms with van der Waals surface area (Å²) in [4.78, 5) is 149. The number of primary amides is 1. The monoisotopic (exact) mass is 1280 g/mol. The lowest BCUT2D eigenvalue weighted by Gasteiger charge is -2.34. The van der Waals surface area contributed by atoms with Crippen LogP contribution in [0.5, 0.6) is 0 Å². The van der Waals surface area contributed by atoms with Crippen LogP contribution in [0.4, 0.5) is 5.69 Å². The van der Waals surface area contributed by atoms with E-state index < -0.39 is 155 Å². The third-order valence-corrected chi connectivity index (χ3v) is 13.3. The van der Waals surface area contributed by atoms with Crippen LogP contribution in [-0.2, 0) is 76.8 Å². The van der Waals surface area contributed by atoms with Crippen LogP contribution < -0.4 is 27.0 Å². The molecule has 2 aromatic rings. The number of nitrogens with one attached hydrogen (secondary N) is 4. The van der Waals surface area contributed by atoms with Crippen LogP contribution in [0.3, 0.4) is 0 Å². The van der Waals surface area contributed by atoms with Crippen molar-refractivity contribution >= 4 is 112 Å². The fraction of sp³-hybridized carbons (Fsp3) is 0.509. The number of rotatable bonds is 48. The van der Waals surface area contributed by atoms with E-state index in [9.17, 15) is 109 Å². The first-order chi connectivity index (χ1) is 41.3. The van der Waals surface area contributed by atoms with Crippen molar-refractivity contribution in [1.29, 1.82) is 0 Å². The molecule has 486 valence electrons. The maximum Gasteiger partial charge on any atom is 0.317 e. The molecule has 2 rings (SSSR count). The number of carboxylic acid groups (broad SMARTS) is 10. The standard InChI is InChI=1S/C53H75N11O22S2/c54-52(86)39(3-1-2-12-55-41(87)19-35-6-4-33(5-7-35)17-37(63(29-48(78)79)30-49(80)81)21-59(23-42(66)67)13-15-61(25-44(70)71)26-45(72)73)58-40(65)20-56-53(88)57-36-10-8-34(9-11-36)18-38(64(31-50(82)83)32-51(84)85)22-60(24-43(68)69)14-16-62(27-46(74)75)28-47(76)77/h4-11,37-39H,1-3,12-32H2,(H2,54,86)(H,55,87)(H,58,65)(H,66,67)(H,68,69)(H,70,71)(H,72,73)(H,74,75)(H,76,77)(H,78,79)(H,80,81)(H,82,83)(H,84,85)(H2,56,57,88)/t37-,38-,39+/m0/s1. The number of carbonyl (C=O) groups is 12. The first-order valence-corrected chi connectivity index (χ1v) is 27.8. The molecule has 0 radical (unpaired) electrons. The fourth-order valence-electron chi connectivity index (χ4n) is 9.03. The number of hydrogen-bond acceptors (Lipinski definition) is 20. The number of hydrogen-bond donors (Lipinski definition) is 15. The molecule has 2 amide bonds. The average molecular weight is 1280 g/mol. The third-order valence-electron chi connectivity index (χ3n) is 12.8. The highest BCUT2D eigenvalue weighted by atomic mass is 32.1. The second-order valence-electron chi connectivity index (χ2n) is 20.2. The quantitative estimate of drug-likeness (QED) is 0.0229. The minimum atomic E-state index is -1.37. The van der Waals surface area contributed by atoms with E-state index in [1.54, 1.807) is 48.5 Å². The number of benzene rings is 2. The Hall–Kier alpha value is -8.58. The predicted octanol–water partition coefficient (Wildman–Crippen LogP) is -3.25. The van der Waals surface area contributed by atoms with Gasteiger partial charge in [0.1, 0.15) is 6.04 Å². The summed E-state index contributed by atoms with van der Waals surface area (Å²) in [6.45, 7) is -7.90. The van der Waals surface area contributed by atoms with E-state index >= 15 is 0 Å². The number of thiocarbonyl (C=S) groups is 2. The normalized spacial score (nSPS) is 12.3. The molecule has 0 bridgehead atoms. The van der Waals surface area contributed by atoms with Gasteiger partial charge in [0.25, 0.3) is 0 Å². The maximum atomic E-state index is 12.9. The van der Waals surface area contributed by atoms with E-state index in [1.165, 1.54) is 9.80 Å². The van der Waals surface area contributed by atoms with Gasteiger partial charge in [-0.05, 0) is 73.1 Å². The SMILES string of the molecule is NC(=O)[C@@H](CCCCNC(=S)Cc1ccc(C[C@@H](CN(CCN(CC(=O)O)CC(=O)O)CC(=O)O)N(CC(=O)O)CC(=O)O)cc1)NC(=O)CNC(=S)Nc1ccc(C[C@@H](CN(CCN(CC(=O)O)CC(=O)O)CC(=O)O)N(CC(=O)O)CC(=O)O)cc1. The van der Waals surface area contributed by atoms with Gasteiger partial charge < -0.3 is 78.1 Å². The number of amides is 2. The molecule has 35 heteroatoms. The van der Waals surface area contributed by atoms with Crippen LogP contribution in [0.2, 0.25) is 0 Å². The molecule has 0 unspecified atom stereocenters. The fourth-order valence-corrected chi connectivity index (χ4v) is 9.48. The van der Waals surface area contributed by atoms with Crippen LogP contribution in [0, 0.1) is 0 Å². The lowest BCUT2D eigenvalue weighted by atomic mass is 10.0. The number of unbranched alkanes of at least 4 members (excludes halogenated alkanes) is 1.